The number of phenolic OH excluding ortho intramolecular Hbond substituents is 3. The van der Waals surface area contributed by atoms with Gasteiger partial charge in [0, 0.05) is 24.3 Å². The number of ether oxygens (including phenoxy) is 4. The third-order valence-electron chi connectivity index (χ3n) is 4.80. The zero-order chi connectivity index (χ0) is 24.1. The molecule has 6 N–H and O–H groups in total. The van der Waals surface area contributed by atoms with Gasteiger partial charge in [0.15, 0.2) is 11.5 Å². The van der Waals surface area contributed by atoms with Gasteiger partial charge in [0.25, 0.3) is 0 Å². The Kier molecular flexibility index (Phi) is 7.61. The molecule has 11 heteroatoms. The van der Waals surface area contributed by atoms with Gasteiger partial charge in [-0.3, -0.25) is 0 Å². The van der Waals surface area contributed by atoms with Crippen molar-refractivity contribution >= 4 is 12.0 Å². The van der Waals surface area contributed by atoms with Gasteiger partial charge in [-0.2, -0.15) is 0 Å². The van der Waals surface area contributed by atoms with E-state index in [9.17, 15) is 35.4 Å². The van der Waals surface area contributed by atoms with E-state index in [1.165, 1.54) is 25.3 Å². The highest BCUT2D eigenvalue weighted by atomic mass is 16.7. The van der Waals surface area contributed by atoms with Gasteiger partial charge in [-0.05, 0) is 23.8 Å². The van der Waals surface area contributed by atoms with Crippen molar-refractivity contribution < 1.29 is 54.4 Å². The maximum Gasteiger partial charge on any atom is 0.330 e. The molecule has 178 valence electrons. The van der Waals surface area contributed by atoms with Crippen LogP contribution in [-0.2, 0) is 14.3 Å². The normalized spacial score (nSPS) is 25.0. The lowest BCUT2D eigenvalue weighted by Crippen LogP contribution is -2.60. The third kappa shape index (κ3) is 6.05. The topological polar surface area (TPSA) is 175 Å². The van der Waals surface area contributed by atoms with E-state index >= 15 is 0 Å². The molecular formula is C22H24O11. The second-order valence-corrected chi connectivity index (χ2v) is 7.21. The number of esters is 1. The highest BCUT2D eigenvalue weighted by molar-refractivity contribution is 5.87. The Bertz CT molecular complexity index is 986. The van der Waals surface area contributed by atoms with E-state index in [-0.39, 0.29) is 28.7 Å². The second-order valence-electron chi connectivity index (χ2n) is 7.21. The monoisotopic (exact) mass is 464 g/mol. The first-order valence-corrected chi connectivity index (χ1v) is 9.79. The van der Waals surface area contributed by atoms with Crippen LogP contribution in [0, 0.1) is 0 Å². The quantitative estimate of drug-likeness (QED) is 0.245. The Hall–Kier alpha value is -3.51. The van der Waals surface area contributed by atoms with Crippen molar-refractivity contribution in [1.82, 2.24) is 0 Å². The number of benzene rings is 2. The number of phenols is 3. The number of carbonyl (C=O) groups excluding carboxylic acids is 1. The predicted octanol–water partition coefficient (Wildman–Crippen LogP) is 0.255. The molecular weight excluding hydrogens is 440 g/mol. The molecule has 0 amide bonds. The first-order valence-electron chi connectivity index (χ1n) is 9.79. The summed E-state index contributed by atoms with van der Waals surface area (Å²) in [7, 11) is 1.39. The third-order valence-corrected chi connectivity index (χ3v) is 4.80. The summed E-state index contributed by atoms with van der Waals surface area (Å²) in [6.45, 7) is -0.474. The lowest BCUT2D eigenvalue weighted by molar-refractivity contribution is -0.278. The minimum atomic E-state index is -1.68. The van der Waals surface area contributed by atoms with Gasteiger partial charge in [-0.15, -0.1) is 0 Å². The number of rotatable bonds is 7. The van der Waals surface area contributed by atoms with Gasteiger partial charge in [0.1, 0.15) is 48.3 Å². The van der Waals surface area contributed by atoms with Gasteiger partial charge in [-0.1, -0.05) is 6.07 Å². The van der Waals surface area contributed by atoms with Gasteiger partial charge in [0.2, 0.25) is 6.29 Å². The molecule has 0 spiro atoms. The molecule has 5 atom stereocenters. The lowest BCUT2D eigenvalue weighted by atomic mass is 9.99. The molecule has 0 unspecified atom stereocenters. The van der Waals surface area contributed by atoms with E-state index < -0.39 is 43.3 Å². The van der Waals surface area contributed by atoms with Crippen LogP contribution >= 0.6 is 0 Å². The van der Waals surface area contributed by atoms with Gasteiger partial charge in [-0.25, -0.2) is 4.79 Å². The van der Waals surface area contributed by atoms with Crippen LogP contribution in [0.15, 0.2) is 42.5 Å². The molecule has 0 aromatic heterocycles. The molecule has 2 aromatic carbocycles. The Labute approximate surface area is 188 Å². The van der Waals surface area contributed by atoms with E-state index in [0.717, 1.165) is 24.3 Å². The average Bonchev–Trinajstić information content (AvgIpc) is 2.77. The number of hydrogen-bond acceptors (Lipinski definition) is 11. The summed E-state index contributed by atoms with van der Waals surface area (Å²) in [6.07, 6.45) is -5.15. The summed E-state index contributed by atoms with van der Waals surface area (Å²) < 4.78 is 20.8. The van der Waals surface area contributed by atoms with E-state index in [1.807, 2.05) is 0 Å². The number of aromatic hydroxyl groups is 3. The van der Waals surface area contributed by atoms with Crippen molar-refractivity contribution in [3.8, 4) is 28.7 Å². The van der Waals surface area contributed by atoms with Crippen LogP contribution in [0.1, 0.15) is 5.56 Å². The molecule has 1 aliphatic rings. The summed E-state index contributed by atoms with van der Waals surface area (Å²) in [5.74, 6) is -1.29. The van der Waals surface area contributed by atoms with Crippen LogP contribution in [0.25, 0.3) is 6.08 Å². The van der Waals surface area contributed by atoms with Crippen molar-refractivity contribution in [2.24, 2.45) is 0 Å². The van der Waals surface area contributed by atoms with Crippen molar-refractivity contribution in [3.63, 3.8) is 0 Å². The number of methoxy groups -OCH3 is 1. The number of hydrogen-bond donors (Lipinski definition) is 6. The smallest absolute Gasteiger partial charge is 0.330 e. The van der Waals surface area contributed by atoms with Crippen molar-refractivity contribution in [2.75, 3.05) is 13.7 Å². The number of carbonyl (C=O) groups is 1. The lowest BCUT2D eigenvalue weighted by Gasteiger charge is -2.39. The van der Waals surface area contributed by atoms with E-state index in [4.69, 9.17) is 18.9 Å². The van der Waals surface area contributed by atoms with Crippen LogP contribution in [0.4, 0.5) is 0 Å². The standard InChI is InChI=1S/C22H24O11/c1-30-16-6-11(2-4-15(16)25)3-5-18(26)31-10-17-19(27)20(28)21(29)22(33-17)32-14-8-12(23)7-13(24)9-14/h2-9,17,19-25,27-29H,10H2,1H3/b5-3+/t17-,19-,20+,21-,22-/m1/s1. The summed E-state index contributed by atoms with van der Waals surface area (Å²) in [6, 6.07) is 7.81. The molecule has 1 saturated heterocycles. The Morgan fingerprint density at radius 3 is 2.36 bits per heavy atom. The minimum absolute atomic E-state index is 0.0564. The maximum atomic E-state index is 12.1. The summed E-state index contributed by atoms with van der Waals surface area (Å²) in [5, 5.41) is 59.1. The van der Waals surface area contributed by atoms with Crippen LogP contribution < -0.4 is 9.47 Å². The molecule has 1 fully saturated rings. The molecule has 0 bridgehead atoms. The van der Waals surface area contributed by atoms with Crippen LogP contribution in [0.5, 0.6) is 28.7 Å². The Morgan fingerprint density at radius 2 is 1.70 bits per heavy atom. The van der Waals surface area contributed by atoms with Gasteiger partial charge >= 0.3 is 5.97 Å². The fourth-order valence-corrected chi connectivity index (χ4v) is 3.10. The minimum Gasteiger partial charge on any atom is -0.508 e. The number of aliphatic hydroxyl groups is 3. The van der Waals surface area contributed by atoms with Crippen LogP contribution in [0.3, 0.4) is 0 Å². The first kappa shape index (κ1) is 24.1. The highest BCUT2D eigenvalue weighted by Gasteiger charge is 2.45. The molecule has 1 heterocycles. The fourth-order valence-electron chi connectivity index (χ4n) is 3.10. The predicted molar refractivity (Wildman–Crippen MR) is 112 cm³/mol. The highest BCUT2D eigenvalue weighted by Crippen LogP contribution is 2.30. The first-order chi connectivity index (χ1) is 15.7. The molecule has 0 saturated carbocycles. The SMILES string of the molecule is COc1cc(/C=C/C(=O)OC[C@H]2O[C@@H](Oc3cc(O)cc(O)c3)[C@H](O)[C@@H](O)[C@@H]2O)ccc1O. The summed E-state index contributed by atoms with van der Waals surface area (Å²) in [5.41, 5.74) is 0.553. The van der Waals surface area contributed by atoms with Crippen LogP contribution in [0.2, 0.25) is 0 Å². The largest absolute Gasteiger partial charge is 0.508 e. The zero-order valence-corrected chi connectivity index (χ0v) is 17.4. The molecule has 33 heavy (non-hydrogen) atoms. The summed E-state index contributed by atoms with van der Waals surface area (Å²) in [4.78, 5) is 12.1. The maximum absolute atomic E-state index is 12.1. The van der Waals surface area contributed by atoms with E-state index in [0.29, 0.717) is 5.56 Å². The van der Waals surface area contributed by atoms with Gasteiger partial charge < -0.3 is 49.6 Å². The Balaban J connectivity index is 1.61. The molecule has 1 aliphatic heterocycles. The van der Waals surface area contributed by atoms with Crippen LogP contribution in [-0.4, -0.2) is 81.0 Å². The van der Waals surface area contributed by atoms with E-state index in [2.05, 4.69) is 0 Å². The molecule has 0 radical (unpaired) electrons. The average molecular weight is 464 g/mol. The molecule has 2 aromatic rings. The van der Waals surface area contributed by atoms with Crippen molar-refractivity contribution in [2.45, 2.75) is 30.7 Å². The molecule has 0 aliphatic carbocycles. The van der Waals surface area contributed by atoms with E-state index in [1.54, 1.807) is 6.07 Å². The van der Waals surface area contributed by atoms with Crippen molar-refractivity contribution in [3.05, 3.63) is 48.0 Å². The van der Waals surface area contributed by atoms with Gasteiger partial charge in [0.05, 0.1) is 7.11 Å². The Morgan fingerprint density at radius 1 is 1.00 bits per heavy atom. The molecule has 11 nitrogen and oxygen atoms in total. The zero-order valence-electron chi connectivity index (χ0n) is 17.4. The fraction of sp³-hybridized carbons (Fsp3) is 0.318. The number of aliphatic hydroxyl groups excluding tert-OH is 3. The second kappa shape index (κ2) is 10.4. The summed E-state index contributed by atoms with van der Waals surface area (Å²) >= 11 is 0. The van der Waals surface area contributed by atoms with Crippen molar-refractivity contribution in [1.29, 1.82) is 0 Å². The molecule has 3 rings (SSSR count).